The number of hydrogen-bond acceptors (Lipinski definition) is 6. The Morgan fingerprint density at radius 3 is 2.56 bits per heavy atom. The second-order valence-electron chi connectivity index (χ2n) is 8.78. The van der Waals surface area contributed by atoms with Crippen molar-refractivity contribution in [3.63, 3.8) is 0 Å². The van der Waals surface area contributed by atoms with Gasteiger partial charge < -0.3 is 15.0 Å². The molecular formula is C25H28F2N4O3. The fourth-order valence-electron chi connectivity index (χ4n) is 4.36. The fourth-order valence-corrected chi connectivity index (χ4v) is 4.36. The molecule has 2 aromatic heterocycles. The predicted octanol–water partition coefficient (Wildman–Crippen LogP) is 4.51. The molecule has 1 aromatic carbocycles. The molecule has 1 aliphatic heterocycles. The maximum atomic E-state index is 13.7. The van der Waals surface area contributed by atoms with Crippen molar-refractivity contribution in [1.82, 2.24) is 9.38 Å². The molecule has 180 valence electrons. The van der Waals surface area contributed by atoms with Crippen LogP contribution in [0, 0.1) is 13.8 Å². The summed E-state index contributed by atoms with van der Waals surface area (Å²) in [6.07, 6.45) is 1.19. The van der Waals surface area contributed by atoms with E-state index in [0.29, 0.717) is 28.3 Å². The Kier molecular flexibility index (Phi) is 6.29. The Labute approximate surface area is 196 Å². The van der Waals surface area contributed by atoms with E-state index in [1.165, 1.54) is 11.5 Å². The number of aromatic nitrogens is 2. The summed E-state index contributed by atoms with van der Waals surface area (Å²) < 4.78 is 33.8. The molecule has 1 N–H and O–H groups in total. The quantitative estimate of drug-likeness (QED) is 0.553. The molecule has 1 saturated heterocycles. The zero-order chi connectivity index (χ0) is 24.6. The van der Waals surface area contributed by atoms with E-state index in [9.17, 15) is 18.4 Å². The number of pyridine rings is 1. The first-order valence-electron chi connectivity index (χ1n) is 11.2. The van der Waals surface area contributed by atoms with Crippen molar-refractivity contribution in [2.24, 2.45) is 0 Å². The molecule has 9 heteroatoms. The van der Waals surface area contributed by atoms with E-state index in [-0.39, 0.29) is 37.5 Å². The summed E-state index contributed by atoms with van der Waals surface area (Å²) in [6.45, 7) is 5.76. The smallest absolute Gasteiger partial charge is 0.339 e. The number of fused-ring (bicyclic) bond motifs is 1. The van der Waals surface area contributed by atoms with Crippen LogP contribution in [0.3, 0.4) is 0 Å². The van der Waals surface area contributed by atoms with Gasteiger partial charge in [-0.1, -0.05) is 12.1 Å². The molecular weight excluding hydrogens is 442 g/mol. The summed E-state index contributed by atoms with van der Waals surface area (Å²) in [4.78, 5) is 32.0. The van der Waals surface area contributed by atoms with E-state index in [2.05, 4.69) is 5.32 Å². The average molecular weight is 471 g/mol. The van der Waals surface area contributed by atoms with E-state index in [4.69, 9.17) is 9.72 Å². The van der Waals surface area contributed by atoms with Crippen molar-refractivity contribution in [1.29, 1.82) is 0 Å². The minimum absolute atomic E-state index is 0.137. The largest absolute Gasteiger partial charge is 0.465 e. The first-order chi connectivity index (χ1) is 16.1. The van der Waals surface area contributed by atoms with E-state index < -0.39 is 11.9 Å². The molecule has 1 fully saturated rings. The summed E-state index contributed by atoms with van der Waals surface area (Å²) in [5.41, 5.74) is 3.25. The first kappa shape index (κ1) is 23.7. The molecule has 0 amide bonds. The number of para-hydroxylation sites is 1. The van der Waals surface area contributed by atoms with Gasteiger partial charge in [0, 0.05) is 43.4 Å². The van der Waals surface area contributed by atoms with Gasteiger partial charge in [0.05, 0.1) is 24.3 Å². The SMILES string of the molecule is COC(=O)c1ccccc1N[C@H](C)c1cc(C)cn2c(=O)c(C)c(N3CCC(F)(F)CC3)nc12. The molecule has 34 heavy (non-hydrogen) atoms. The summed E-state index contributed by atoms with van der Waals surface area (Å²) in [5, 5.41) is 3.34. The molecule has 0 saturated carbocycles. The number of alkyl halides is 2. The molecule has 0 unspecified atom stereocenters. The van der Waals surface area contributed by atoms with Gasteiger partial charge in [-0.05, 0) is 44.5 Å². The Bertz CT molecular complexity index is 1300. The average Bonchev–Trinajstić information content (AvgIpc) is 2.81. The van der Waals surface area contributed by atoms with Crippen molar-refractivity contribution in [3.8, 4) is 0 Å². The highest BCUT2D eigenvalue weighted by atomic mass is 19.3. The number of rotatable bonds is 5. The highest BCUT2D eigenvalue weighted by molar-refractivity contribution is 5.95. The van der Waals surface area contributed by atoms with Gasteiger partial charge in [-0.3, -0.25) is 9.20 Å². The van der Waals surface area contributed by atoms with Crippen LogP contribution in [-0.4, -0.2) is 41.5 Å². The van der Waals surface area contributed by atoms with Crippen LogP contribution in [0.2, 0.25) is 0 Å². The van der Waals surface area contributed by atoms with E-state index in [0.717, 1.165) is 11.1 Å². The zero-order valence-electron chi connectivity index (χ0n) is 19.7. The molecule has 0 radical (unpaired) electrons. The topological polar surface area (TPSA) is 75.9 Å². The molecule has 3 heterocycles. The fraction of sp³-hybridized carbons (Fsp3) is 0.400. The van der Waals surface area contributed by atoms with Crippen molar-refractivity contribution in [2.75, 3.05) is 30.4 Å². The van der Waals surface area contributed by atoms with Crippen LogP contribution in [0.25, 0.3) is 5.65 Å². The summed E-state index contributed by atoms with van der Waals surface area (Å²) in [7, 11) is 1.33. The molecule has 0 aliphatic carbocycles. The van der Waals surface area contributed by atoms with Gasteiger partial charge in [-0.25, -0.2) is 18.6 Å². The van der Waals surface area contributed by atoms with Gasteiger partial charge in [0.15, 0.2) is 0 Å². The number of esters is 1. The molecule has 1 aliphatic rings. The Morgan fingerprint density at radius 2 is 1.88 bits per heavy atom. The Balaban J connectivity index is 1.78. The maximum Gasteiger partial charge on any atom is 0.339 e. The van der Waals surface area contributed by atoms with Crippen molar-refractivity contribution < 1.29 is 18.3 Å². The van der Waals surface area contributed by atoms with Crippen molar-refractivity contribution >= 4 is 23.1 Å². The third-order valence-electron chi connectivity index (χ3n) is 6.25. The number of methoxy groups -OCH3 is 1. The molecule has 0 spiro atoms. The second-order valence-corrected chi connectivity index (χ2v) is 8.78. The summed E-state index contributed by atoms with van der Waals surface area (Å²) >= 11 is 0. The predicted molar refractivity (Wildman–Crippen MR) is 127 cm³/mol. The number of aryl methyl sites for hydroxylation is 1. The first-order valence-corrected chi connectivity index (χ1v) is 11.2. The number of nitrogens with zero attached hydrogens (tertiary/aromatic N) is 3. The number of anilines is 2. The molecule has 7 nitrogen and oxygen atoms in total. The molecule has 1 atom stereocenters. The number of carbonyl (C=O) groups excluding carboxylic acids is 1. The van der Waals surface area contributed by atoms with Gasteiger partial charge in [0.2, 0.25) is 0 Å². The molecule has 0 bridgehead atoms. The monoisotopic (exact) mass is 470 g/mol. The van der Waals surface area contributed by atoms with Gasteiger partial charge in [0.25, 0.3) is 11.5 Å². The van der Waals surface area contributed by atoms with Crippen LogP contribution in [0.1, 0.15) is 52.9 Å². The van der Waals surface area contributed by atoms with Gasteiger partial charge in [0.1, 0.15) is 11.5 Å². The van der Waals surface area contributed by atoms with Crippen molar-refractivity contribution in [3.05, 3.63) is 69.1 Å². The van der Waals surface area contributed by atoms with Crippen LogP contribution in [0.5, 0.6) is 0 Å². The van der Waals surface area contributed by atoms with Crippen LogP contribution < -0.4 is 15.8 Å². The second kappa shape index (κ2) is 9.04. The maximum absolute atomic E-state index is 13.7. The number of benzene rings is 1. The lowest BCUT2D eigenvalue weighted by Gasteiger charge is -2.33. The number of piperidine rings is 1. The highest BCUT2D eigenvalue weighted by Gasteiger charge is 2.35. The lowest BCUT2D eigenvalue weighted by molar-refractivity contribution is -0.0221. The van der Waals surface area contributed by atoms with E-state index >= 15 is 0 Å². The van der Waals surface area contributed by atoms with Gasteiger partial charge in [-0.2, -0.15) is 0 Å². The Hall–Kier alpha value is -3.49. The van der Waals surface area contributed by atoms with E-state index in [1.54, 1.807) is 36.2 Å². The van der Waals surface area contributed by atoms with Crippen LogP contribution in [0.4, 0.5) is 20.3 Å². The molecule has 4 rings (SSSR count). The number of ether oxygens (including phenoxy) is 1. The number of hydrogen-bond donors (Lipinski definition) is 1. The third-order valence-corrected chi connectivity index (χ3v) is 6.25. The van der Waals surface area contributed by atoms with Gasteiger partial charge >= 0.3 is 5.97 Å². The zero-order valence-corrected chi connectivity index (χ0v) is 19.7. The van der Waals surface area contributed by atoms with Gasteiger partial charge in [-0.15, -0.1) is 0 Å². The number of carbonyl (C=O) groups is 1. The Morgan fingerprint density at radius 1 is 1.21 bits per heavy atom. The van der Waals surface area contributed by atoms with Crippen LogP contribution in [0.15, 0.2) is 41.3 Å². The standard InChI is InChI=1S/C25H28F2N4O3/c1-15-13-19(17(3)28-20-8-6-5-7-18(20)24(33)34-4)22-29-21(16(2)23(32)31(22)14-15)30-11-9-25(26,27)10-12-30/h5-8,13-14,17,28H,9-12H2,1-4H3/t17-/m1/s1. The number of nitrogens with one attached hydrogen (secondary N) is 1. The van der Waals surface area contributed by atoms with Crippen LogP contribution in [-0.2, 0) is 4.74 Å². The number of halogens is 2. The summed E-state index contributed by atoms with van der Waals surface area (Å²) in [6, 6.07) is 8.63. The van der Waals surface area contributed by atoms with Crippen molar-refractivity contribution in [2.45, 2.75) is 45.6 Å². The van der Waals surface area contributed by atoms with E-state index in [1.807, 2.05) is 26.0 Å². The lowest BCUT2D eigenvalue weighted by atomic mass is 10.0. The molecule has 3 aromatic rings. The summed E-state index contributed by atoms with van der Waals surface area (Å²) in [5.74, 6) is -2.71. The minimum atomic E-state index is -2.69. The van der Waals surface area contributed by atoms with Crippen LogP contribution >= 0.6 is 0 Å². The lowest BCUT2D eigenvalue weighted by Crippen LogP contribution is -2.41. The third kappa shape index (κ3) is 4.47. The minimum Gasteiger partial charge on any atom is -0.465 e. The normalized spacial score (nSPS) is 16.4. The highest BCUT2D eigenvalue weighted by Crippen LogP contribution is 2.32.